The maximum Gasteiger partial charge on any atom is 0.246 e. The molecule has 2 amide bonds. The summed E-state index contributed by atoms with van der Waals surface area (Å²) in [4.78, 5) is 30.3. The lowest BCUT2D eigenvalue weighted by molar-refractivity contribution is -0.130. The van der Waals surface area contributed by atoms with Crippen LogP contribution in [0.5, 0.6) is 0 Å². The SMILES string of the molecule is CC(C(=O)NC1CC1)N1CCN(C(=O)/C=C/c2cn(-c3ccccc3)nc2-c2cccs2)CC1. The van der Waals surface area contributed by atoms with E-state index in [-0.39, 0.29) is 17.9 Å². The Hall–Kier alpha value is -3.23. The zero-order valence-electron chi connectivity index (χ0n) is 19.3. The van der Waals surface area contributed by atoms with Crippen molar-refractivity contribution in [3.8, 4) is 16.3 Å². The lowest BCUT2D eigenvalue weighted by atomic mass is 10.2. The number of hydrogen-bond acceptors (Lipinski definition) is 5. The second kappa shape index (κ2) is 9.95. The van der Waals surface area contributed by atoms with E-state index in [0.717, 1.165) is 34.7 Å². The number of thiophene rings is 1. The van der Waals surface area contributed by atoms with Crippen LogP contribution in [0.25, 0.3) is 22.3 Å². The van der Waals surface area contributed by atoms with E-state index < -0.39 is 0 Å². The average molecular weight is 476 g/mol. The molecule has 1 aromatic carbocycles. The van der Waals surface area contributed by atoms with Gasteiger partial charge in [0, 0.05) is 50.1 Å². The molecule has 8 heteroatoms. The monoisotopic (exact) mass is 475 g/mol. The Labute approximate surface area is 203 Å². The number of hydrogen-bond donors (Lipinski definition) is 1. The number of carbonyl (C=O) groups excluding carboxylic acids is 2. The normalized spacial score (nSPS) is 17.7. The fourth-order valence-electron chi connectivity index (χ4n) is 4.14. The first-order valence-corrected chi connectivity index (χ1v) is 12.7. The average Bonchev–Trinajstić information content (AvgIpc) is 3.34. The maximum atomic E-state index is 12.9. The highest BCUT2D eigenvalue weighted by Gasteiger charge is 2.30. The first kappa shape index (κ1) is 22.6. The topological polar surface area (TPSA) is 70.5 Å². The number of piperazine rings is 1. The van der Waals surface area contributed by atoms with Crippen molar-refractivity contribution >= 4 is 29.2 Å². The van der Waals surface area contributed by atoms with Gasteiger partial charge in [-0.1, -0.05) is 24.3 Å². The first-order valence-electron chi connectivity index (χ1n) is 11.8. The Morgan fingerprint density at radius 3 is 2.53 bits per heavy atom. The fourth-order valence-corrected chi connectivity index (χ4v) is 4.87. The van der Waals surface area contributed by atoms with Gasteiger partial charge < -0.3 is 10.2 Å². The molecule has 1 unspecified atom stereocenters. The summed E-state index contributed by atoms with van der Waals surface area (Å²) < 4.78 is 1.85. The van der Waals surface area contributed by atoms with Gasteiger partial charge in [-0.2, -0.15) is 5.10 Å². The van der Waals surface area contributed by atoms with Crippen LogP contribution < -0.4 is 5.32 Å². The number of nitrogens with one attached hydrogen (secondary N) is 1. The molecule has 2 aromatic heterocycles. The van der Waals surface area contributed by atoms with Crippen molar-refractivity contribution in [3.63, 3.8) is 0 Å². The van der Waals surface area contributed by atoms with E-state index in [9.17, 15) is 9.59 Å². The maximum absolute atomic E-state index is 12.9. The van der Waals surface area contributed by atoms with Crippen LogP contribution in [0.3, 0.4) is 0 Å². The number of amides is 2. The molecule has 1 saturated carbocycles. The minimum absolute atomic E-state index is 0.0145. The highest BCUT2D eigenvalue weighted by atomic mass is 32.1. The van der Waals surface area contributed by atoms with Crippen LogP contribution in [0.2, 0.25) is 0 Å². The van der Waals surface area contributed by atoms with Gasteiger partial charge in [0.25, 0.3) is 0 Å². The van der Waals surface area contributed by atoms with Crippen molar-refractivity contribution in [2.75, 3.05) is 26.2 Å². The number of para-hydroxylation sites is 1. The van der Waals surface area contributed by atoms with Crippen LogP contribution in [0, 0.1) is 0 Å². The molecule has 2 fully saturated rings. The van der Waals surface area contributed by atoms with E-state index >= 15 is 0 Å². The molecular weight excluding hydrogens is 446 g/mol. The van der Waals surface area contributed by atoms with Gasteiger partial charge >= 0.3 is 0 Å². The van der Waals surface area contributed by atoms with Crippen molar-refractivity contribution in [2.24, 2.45) is 0 Å². The summed E-state index contributed by atoms with van der Waals surface area (Å²) in [5.41, 5.74) is 2.74. The first-order chi connectivity index (χ1) is 16.6. The molecule has 3 heterocycles. The molecule has 0 bridgehead atoms. The van der Waals surface area contributed by atoms with E-state index in [4.69, 9.17) is 5.10 Å². The second-order valence-corrected chi connectivity index (χ2v) is 9.79. The number of aromatic nitrogens is 2. The van der Waals surface area contributed by atoms with Crippen LogP contribution in [0.4, 0.5) is 0 Å². The van der Waals surface area contributed by atoms with Gasteiger partial charge in [0.2, 0.25) is 11.8 Å². The minimum atomic E-state index is -0.162. The highest BCUT2D eigenvalue weighted by molar-refractivity contribution is 7.13. The third-order valence-corrected chi connectivity index (χ3v) is 7.28. The van der Waals surface area contributed by atoms with Crippen LogP contribution >= 0.6 is 11.3 Å². The van der Waals surface area contributed by atoms with Gasteiger partial charge in [0.1, 0.15) is 5.69 Å². The predicted molar refractivity (Wildman–Crippen MR) is 135 cm³/mol. The molecule has 1 aliphatic carbocycles. The van der Waals surface area contributed by atoms with Gasteiger partial charge in [-0.25, -0.2) is 4.68 Å². The summed E-state index contributed by atoms with van der Waals surface area (Å²) in [6.07, 6.45) is 7.65. The van der Waals surface area contributed by atoms with Gasteiger partial charge in [0.05, 0.1) is 16.6 Å². The molecule has 2 aliphatic rings. The van der Waals surface area contributed by atoms with Crippen molar-refractivity contribution < 1.29 is 9.59 Å². The summed E-state index contributed by atoms with van der Waals surface area (Å²) in [5, 5.41) is 9.89. The van der Waals surface area contributed by atoms with Gasteiger partial charge in [-0.05, 0) is 49.4 Å². The number of carbonyl (C=O) groups is 2. The highest BCUT2D eigenvalue weighted by Crippen LogP contribution is 2.28. The lowest BCUT2D eigenvalue weighted by Crippen LogP contribution is -2.55. The zero-order chi connectivity index (χ0) is 23.5. The summed E-state index contributed by atoms with van der Waals surface area (Å²) in [6, 6.07) is 14.2. The standard InChI is InChI=1S/C26H29N5O2S/c1-19(26(33)27-21-10-11-21)29-13-15-30(16-14-29)24(32)12-9-20-18-31(22-6-3-2-4-7-22)28-25(20)23-8-5-17-34-23/h2-9,12,17-19,21H,10-11,13-16H2,1H3,(H,27,33)/b12-9+. The molecule has 3 aromatic rings. The van der Waals surface area contributed by atoms with Crippen LogP contribution in [-0.2, 0) is 9.59 Å². The third-order valence-electron chi connectivity index (χ3n) is 6.40. The van der Waals surface area contributed by atoms with Gasteiger partial charge in [0.15, 0.2) is 0 Å². The molecule has 1 N–H and O–H groups in total. The molecule has 1 atom stereocenters. The number of benzene rings is 1. The Bertz CT molecular complexity index is 1160. The zero-order valence-corrected chi connectivity index (χ0v) is 20.1. The van der Waals surface area contributed by atoms with E-state index in [0.29, 0.717) is 32.2 Å². The Morgan fingerprint density at radius 1 is 1.09 bits per heavy atom. The van der Waals surface area contributed by atoms with Crippen LogP contribution in [0.1, 0.15) is 25.3 Å². The fraction of sp³-hybridized carbons (Fsp3) is 0.346. The molecule has 0 spiro atoms. The molecule has 176 valence electrons. The molecule has 5 rings (SSSR count). The smallest absolute Gasteiger partial charge is 0.246 e. The molecule has 7 nitrogen and oxygen atoms in total. The molecular formula is C26H29N5O2S. The predicted octanol–water partition coefficient (Wildman–Crippen LogP) is 3.43. The number of rotatable bonds is 7. The van der Waals surface area contributed by atoms with E-state index in [1.54, 1.807) is 17.4 Å². The Morgan fingerprint density at radius 2 is 1.85 bits per heavy atom. The summed E-state index contributed by atoms with van der Waals surface area (Å²) in [7, 11) is 0. The Balaban J connectivity index is 1.25. The molecule has 34 heavy (non-hydrogen) atoms. The van der Waals surface area contributed by atoms with Gasteiger partial charge in [-0.15, -0.1) is 11.3 Å². The van der Waals surface area contributed by atoms with Crippen LogP contribution in [0.15, 0.2) is 60.1 Å². The number of nitrogens with zero attached hydrogens (tertiary/aromatic N) is 4. The largest absolute Gasteiger partial charge is 0.352 e. The van der Waals surface area contributed by atoms with Crippen molar-refractivity contribution in [3.05, 3.63) is 65.7 Å². The molecule has 0 radical (unpaired) electrons. The summed E-state index contributed by atoms with van der Waals surface area (Å²) in [6.45, 7) is 4.58. The van der Waals surface area contributed by atoms with Crippen molar-refractivity contribution in [2.45, 2.75) is 31.8 Å². The van der Waals surface area contributed by atoms with E-state index in [2.05, 4.69) is 10.2 Å². The summed E-state index contributed by atoms with van der Waals surface area (Å²) in [5.74, 6) is 0.0815. The lowest BCUT2D eigenvalue weighted by Gasteiger charge is -2.37. The molecule has 1 aliphatic heterocycles. The second-order valence-electron chi connectivity index (χ2n) is 8.84. The third kappa shape index (κ3) is 5.13. The minimum Gasteiger partial charge on any atom is -0.352 e. The van der Waals surface area contributed by atoms with Crippen molar-refractivity contribution in [1.29, 1.82) is 0 Å². The van der Waals surface area contributed by atoms with Gasteiger partial charge in [-0.3, -0.25) is 14.5 Å². The van der Waals surface area contributed by atoms with E-state index in [1.807, 2.05) is 76.6 Å². The van der Waals surface area contributed by atoms with Crippen LogP contribution in [-0.4, -0.2) is 69.7 Å². The quantitative estimate of drug-likeness (QED) is 0.532. The summed E-state index contributed by atoms with van der Waals surface area (Å²) >= 11 is 1.63. The Kier molecular flexibility index (Phi) is 6.60. The van der Waals surface area contributed by atoms with E-state index in [1.165, 1.54) is 0 Å². The van der Waals surface area contributed by atoms with Crippen molar-refractivity contribution in [1.82, 2.24) is 24.9 Å². The molecule has 1 saturated heterocycles.